The molecule has 0 radical (unpaired) electrons. The van der Waals surface area contributed by atoms with Crippen molar-refractivity contribution in [1.29, 1.82) is 5.26 Å². The molecule has 0 amide bonds. The number of ether oxygens (including phenoxy) is 3. The fourth-order valence-electron chi connectivity index (χ4n) is 4.05. The van der Waals surface area contributed by atoms with Crippen LogP contribution in [0.4, 0.5) is 17.3 Å². The number of benzene rings is 1. The number of nitriles is 1. The van der Waals surface area contributed by atoms with Gasteiger partial charge in [0.1, 0.15) is 17.9 Å². The molecule has 4 heterocycles. The van der Waals surface area contributed by atoms with Crippen LogP contribution in [-0.4, -0.2) is 60.6 Å². The number of pyridine rings is 1. The minimum absolute atomic E-state index is 0.0726. The summed E-state index contributed by atoms with van der Waals surface area (Å²) in [7, 11) is 0. The third kappa shape index (κ3) is 5.25. The average molecular weight is 459 g/mol. The Morgan fingerprint density at radius 2 is 1.85 bits per heavy atom. The van der Waals surface area contributed by atoms with Crippen molar-refractivity contribution in [1.82, 2.24) is 15.0 Å². The molecule has 2 fully saturated rings. The minimum Gasteiger partial charge on any atom is -0.489 e. The van der Waals surface area contributed by atoms with Crippen LogP contribution in [0.2, 0.25) is 0 Å². The van der Waals surface area contributed by atoms with E-state index in [0.29, 0.717) is 49.4 Å². The smallest absolute Gasteiger partial charge is 0.227 e. The lowest BCUT2D eigenvalue weighted by Gasteiger charge is -2.28. The average Bonchev–Trinajstić information content (AvgIpc) is 2.90. The summed E-state index contributed by atoms with van der Waals surface area (Å²) >= 11 is 0. The fourth-order valence-corrected chi connectivity index (χ4v) is 4.05. The van der Waals surface area contributed by atoms with Gasteiger partial charge in [0.15, 0.2) is 0 Å². The van der Waals surface area contributed by atoms with E-state index in [1.54, 1.807) is 18.5 Å². The van der Waals surface area contributed by atoms with E-state index in [0.717, 1.165) is 42.9 Å². The SMILES string of the molecule is N#Cc1cc(-c2ccnc(Nc3cncc(N4CCOCC4)c3)n2)ccc1OC1CCOCC1. The normalized spacial score (nSPS) is 16.6. The first-order valence-electron chi connectivity index (χ1n) is 11.5. The number of anilines is 3. The predicted octanol–water partition coefficient (Wildman–Crippen LogP) is 3.55. The summed E-state index contributed by atoms with van der Waals surface area (Å²) < 4.78 is 16.9. The van der Waals surface area contributed by atoms with Crippen LogP contribution in [0, 0.1) is 11.3 Å². The van der Waals surface area contributed by atoms with E-state index in [1.165, 1.54) is 0 Å². The lowest BCUT2D eigenvalue weighted by atomic mass is 10.1. The topological polar surface area (TPSA) is 105 Å². The quantitative estimate of drug-likeness (QED) is 0.593. The molecule has 5 rings (SSSR count). The molecule has 2 aliphatic rings. The van der Waals surface area contributed by atoms with E-state index in [-0.39, 0.29) is 6.10 Å². The molecule has 2 aliphatic heterocycles. The molecule has 9 nitrogen and oxygen atoms in total. The Kier molecular flexibility index (Phi) is 6.79. The first-order valence-corrected chi connectivity index (χ1v) is 11.5. The van der Waals surface area contributed by atoms with Crippen molar-refractivity contribution in [2.24, 2.45) is 0 Å². The largest absolute Gasteiger partial charge is 0.489 e. The maximum Gasteiger partial charge on any atom is 0.227 e. The monoisotopic (exact) mass is 458 g/mol. The molecule has 174 valence electrons. The Morgan fingerprint density at radius 1 is 1.03 bits per heavy atom. The van der Waals surface area contributed by atoms with E-state index in [1.807, 2.05) is 30.5 Å². The van der Waals surface area contributed by atoms with Crippen molar-refractivity contribution in [3.63, 3.8) is 0 Å². The Hall–Kier alpha value is -3.74. The summed E-state index contributed by atoms with van der Waals surface area (Å²) in [5.41, 5.74) is 3.85. The molecule has 0 atom stereocenters. The van der Waals surface area contributed by atoms with E-state index < -0.39 is 0 Å². The van der Waals surface area contributed by atoms with Crippen LogP contribution in [0.15, 0.2) is 48.9 Å². The number of nitrogens with zero attached hydrogens (tertiary/aromatic N) is 5. The first kappa shape index (κ1) is 22.1. The van der Waals surface area contributed by atoms with Gasteiger partial charge in [-0.3, -0.25) is 4.98 Å². The Labute approximate surface area is 198 Å². The number of rotatable bonds is 6. The van der Waals surface area contributed by atoms with Crippen molar-refractivity contribution in [3.05, 3.63) is 54.5 Å². The van der Waals surface area contributed by atoms with Gasteiger partial charge >= 0.3 is 0 Å². The highest BCUT2D eigenvalue weighted by molar-refractivity contribution is 5.66. The van der Waals surface area contributed by atoms with Crippen molar-refractivity contribution < 1.29 is 14.2 Å². The van der Waals surface area contributed by atoms with Gasteiger partial charge in [0, 0.05) is 37.7 Å². The lowest BCUT2D eigenvalue weighted by molar-refractivity contribution is 0.0254. The summed E-state index contributed by atoms with van der Waals surface area (Å²) in [6, 6.07) is 11.7. The zero-order valence-electron chi connectivity index (χ0n) is 18.8. The number of hydrogen-bond donors (Lipinski definition) is 1. The van der Waals surface area contributed by atoms with E-state index in [4.69, 9.17) is 14.2 Å². The number of hydrogen-bond acceptors (Lipinski definition) is 9. The summed E-state index contributed by atoms with van der Waals surface area (Å²) in [5.74, 6) is 1.05. The van der Waals surface area contributed by atoms with Crippen molar-refractivity contribution in [3.8, 4) is 23.1 Å². The highest BCUT2D eigenvalue weighted by Gasteiger charge is 2.18. The van der Waals surface area contributed by atoms with Crippen LogP contribution in [0.25, 0.3) is 11.3 Å². The molecule has 0 spiro atoms. The van der Waals surface area contributed by atoms with Crippen LogP contribution in [-0.2, 0) is 9.47 Å². The lowest BCUT2D eigenvalue weighted by Crippen LogP contribution is -2.36. The Balaban J connectivity index is 1.32. The second-order valence-corrected chi connectivity index (χ2v) is 8.17. The summed E-state index contributed by atoms with van der Waals surface area (Å²) in [6.07, 6.45) is 7.02. The molecule has 2 saturated heterocycles. The third-order valence-electron chi connectivity index (χ3n) is 5.87. The van der Waals surface area contributed by atoms with Gasteiger partial charge < -0.3 is 24.4 Å². The predicted molar refractivity (Wildman–Crippen MR) is 127 cm³/mol. The van der Waals surface area contributed by atoms with Gasteiger partial charge in [-0.15, -0.1) is 0 Å². The van der Waals surface area contributed by atoms with Gasteiger partial charge in [-0.05, 0) is 30.3 Å². The van der Waals surface area contributed by atoms with Crippen molar-refractivity contribution in [2.45, 2.75) is 18.9 Å². The highest BCUT2D eigenvalue weighted by Crippen LogP contribution is 2.28. The van der Waals surface area contributed by atoms with E-state index >= 15 is 0 Å². The Bertz CT molecular complexity index is 1170. The molecule has 0 unspecified atom stereocenters. The molecule has 1 aromatic carbocycles. The van der Waals surface area contributed by atoms with Crippen molar-refractivity contribution >= 4 is 17.3 Å². The molecule has 3 aromatic rings. The van der Waals surface area contributed by atoms with Gasteiger partial charge in [0.25, 0.3) is 0 Å². The van der Waals surface area contributed by atoms with Gasteiger partial charge in [-0.1, -0.05) is 0 Å². The van der Waals surface area contributed by atoms with Crippen LogP contribution in [0.1, 0.15) is 18.4 Å². The van der Waals surface area contributed by atoms with E-state index in [2.05, 4.69) is 31.2 Å². The molecule has 34 heavy (non-hydrogen) atoms. The molecule has 1 N–H and O–H groups in total. The second-order valence-electron chi connectivity index (χ2n) is 8.17. The fraction of sp³-hybridized carbons (Fsp3) is 0.360. The Morgan fingerprint density at radius 3 is 2.68 bits per heavy atom. The summed E-state index contributed by atoms with van der Waals surface area (Å²) in [4.78, 5) is 15.6. The van der Waals surface area contributed by atoms with Crippen LogP contribution >= 0.6 is 0 Å². The number of nitrogens with one attached hydrogen (secondary N) is 1. The summed E-state index contributed by atoms with van der Waals surface area (Å²) in [5, 5.41) is 12.9. The second kappa shape index (κ2) is 10.5. The standard InChI is InChI=1S/C25H26N6O3/c26-15-19-13-18(1-2-24(19)34-22-4-9-32-10-5-22)23-3-6-28-25(30-23)29-20-14-21(17-27-16-20)31-7-11-33-12-8-31/h1-3,6,13-14,16-17,22H,4-5,7-12H2,(H,28,29,30). The van der Waals surface area contributed by atoms with Crippen LogP contribution in [0.5, 0.6) is 5.75 Å². The zero-order chi connectivity index (χ0) is 23.2. The van der Waals surface area contributed by atoms with Gasteiger partial charge in [0.2, 0.25) is 5.95 Å². The van der Waals surface area contributed by atoms with Gasteiger partial charge in [-0.2, -0.15) is 5.26 Å². The van der Waals surface area contributed by atoms with Crippen LogP contribution in [0.3, 0.4) is 0 Å². The third-order valence-corrected chi connectivity index (χ3v) is 5.87. The summed E-state index contributed by atoms with van der Waals surface area (Å²) in [6.45, 7) is 4.48. The maximum absolute atomic E-state index is 9.68. The molecule has 0 aliphatic carbocycles. The molecular formula is C25H26N6O3. The molecule has 9 heteroatoms. The zero-order valence-corrected chi connectivity index (χ0v) is 18.8. The molecule has 2 aromatic heterocycles. The molecule has 0 saturated carbocycles. The van der Waals surface area contributed by atoms with Gasteiger partial charge in [0.05, 0.1) is 61.5 Å². The minimum atomic E-state index is 0.0726. The molecular weight excluding hydrogens is 432 g/mol. The molecule has 0 bridgehead atoms. The van der Waals surface area contributed by atoms with Gasteiger partial charge in [-0.25, -0.2) is 9.97 Å². The van der Waals surface area contributed by atoms with Crippen LogP contribution < -0.4 is 15.0 Å². The number of morpholine rings is 1. The number of aromatic nitrogens is 3. The van der Waals surface area contributed by atoms with Crippen molar-refractivity contribution in [2.75, 3.05) is 49.7 Å². The highest BCUT2D eigenvalue weighted by atomic mass is 16.5. The first-order chi connectivity index (χ1) is 16.8. The van der Waals surface area contributed by atoms with E-state index in [9.17, 15) is 5.26 Å². The maximum atomic E-state index is 9.68.